The lowest BCUT2D eigenvalue weighted by Crippen LogP contribution is -2.45. The van der Waals surface area contributed by atoms with Gasteiger partial charge in [0, 0.05) is 37.3 Å². The Labute approximate surface area is 242 Å². The third kappa shape index (κ3) is 7.25. The number of hydroxylamine groups is 2. The van der Waals surface area contributed by atoms with Crippen LogP contribution < -0.4 is 10.2 Å². The molecule has 0 radical (unpaired) electrons. The number of rotatable bonds is 10. The van der Waals surface area contributed by atoms with Gasteiger partial charge < -0.3 is 25.2 Å². The van der Waals surface area contributed by atoms with Crippen LogP contribution in [0.25, 0.3) is 6.08 Å². The molecule has 3 aromatic rings. The molecule has 9 nitrogen and oxygen atoms in total. The summed E-state index contributed by atoms with van der Waals surface area (Å²) in [4.78, 5) is 36.6. The second-order valence-electron chi connectivity index (χ2n) is 8.96. The Morgan fingerprint density at radius 3 is 2.35 bits per heavy atom. The second-order valence-corrected chi connectivity index (χ2v) is 9.78. The molecule has 1 aliphatic heterocycles. The predicted octanol–water partition coefficient (Wildman–Crippen LogP) is 5.77. The molecule has 1 N–H and O–H groups in total. The van der Waals surface area contributed by atoms with Crippen molar-refractivity contribution in [2.45, 2.75) is 31.3 Å². The summed E-state index contributed by atoms with van der Waals surface area (Å²) in [6.07, 6.45) is 9.57. The van der Waals surface area contributed by atoms with E-state index in [9.17, 15) is 14.8 Å². The normalized spacial score (nSPS) is 14.5. The van der Waals surface area contributed by atoms with Gasteiger partial charge in [-0.25, -0.2) is 9.97 Å². The molecule has 1 aromatic heterocycles. The van der Waals surface area contributed by atoms with Crippen LogP contribution in [0.4, 0.5) is 11.6 Å². The smallest absolute Gasteiger partial charge is 0.254 e. The van der Waals surface area contributed by atoms with Crippen LogP contribution in [-0.4, -0.2) is 52.1 Å². The first-order chi connectivity index (χ1) is 19.4. The molecule has 40 heavy (non-hydrogen) atoms. The van der Waals surface area contributed by atoms with Crippen molar-refractivity contribution < 1.29 is 14.3 Å². The van der Waals surface area contributed by atoms with E-state index in [4.69, 9.17) is 27.9 Å². The number of nitrogens with zero attached hydrogens (tertiary/aromatic N) is 4. The number of hydrogen-bond acceptors (Lipinski definition) is 7. The van der Waals surface area contributed by atoms with Crippen molar-refractivity contribution in [1.29, 1.82) is 0 Å². The summed E-state index contributed by atoms with van der Waals surface area (Å²) in [5, 5.41) is 14.9. The van der Waals surface area contributed by atoms with Crippen molar-refractivity contribution in [1.82, 2.24) is 20.3 Å². The van der Waals surface area contributed by atoms with E-state index in [1.165, 1.54) is 12.1 Å². The zero-order chi connectivity index (χ0) is 28.5. The van der Waals surface area contributed by atoms with Gasteiger partial charge in [-0.3, -0.25) is 9.59 Å². The first kappa shape index (κ1) is 29.2. The number of carbonyl (C=O) groups is 2. The number of amides is 2. The number of carbonyl (C=O) groups excluding carboxylic acids is 2. The molecule has 0 bridgehead atoms. The summed E-state index contributed by atoms with van der Waals surface area (Å²) in [7, 11) is 0. The number of aromatic nitrogens is 2. The molecule has 11 heteroatoms. The minimum Gasteiger partial charge on any atom is -0.752 e. The zero-order valence-corrected chi connectivity index (χ0v) is 23.1. The van der Waals surface area contributed by atoms with Gasteiger partial charge in [0.15, 0.2) is 0 Å². The molecule has 2 heterocycles. The fourth-order valence-electron chi connectivity index (χ4n) is 4.34. The molecule has 0 saturated carbocycles. The summed E-state index contributed by atoms with van der Waals surface area (Å²) in [6, 6.07) is 13.3. The van der Waals surface area contributed by atoms with E-state index in [1.54, 1.807) is 36.7 Å². The van der Waals surface area contributed by atoms with Gasteiger partial charge in [-0.05, 0) is 61.4 Å². The van der Waals surface area contributed by atoms with Crippen LogP contribution in [0.5, 0.6) is 0 Å². The van der Waals surface area contributed by atoms with Crippen molar-refractivity contribution in [2.24, 2.45) is 0 Å². The van der Waals surface area contributed by atoms with Crippen molar-refractivity contribution >= 4 is 52.7 Å². The zero-order valence-electron chi connectivity index (χ0n) is 21.6. The molecule has 4 rings (SSSR count). The largest absolute Gasteiger partial charge is 0.752 e. The standard InChI is InChI=1S/C29H28Cl2N5O4/c1-2-35(39)28(38)25(34-27(37)26-23(30)7-4-8-24(26)31)9-3-6-20-10-12-21(13-11-20)36(22-14-18-40-19-15-22)29-32-16-5-17-33-29/h2-8,10-13,16-17,22,25H,1,9,14-15,18-19H2,(H,34,37)/q-1/b6-3+. The molecule has 2 amide bonds. The Morgan fingerprint density at radius 1 is 1.07 bits per heavy atom. The Bertz CT molecular complexity index is 1330. The molecule has 0 aliphatic carbocycles. The van der Waals surface area contributed by atoms with Gasteiger partial charge in [0.25, 0.3) is 5.91 Å². The quantitative estimate of drug-likeness (QED) is 0.303. The Balaban J connectivity index is 1.49. The first-order valence-corrected chi connectivity index (χ1v) is 13.4. The average Bonchev–Trinajstić information content (AvgIpc) is 2.98. The maximum Gasteiger partial charge on any atom is 0.254 e. The van der Waals surface area contributed by atoms with Gasteiger partial charge in [0.2, 0.25) is 11.9 Å². The van der Waals surface area contributed by atoms with Gasteiger partial charge in [-0.15, -0.1) is 0 Å². The van der Waals surface area contributed by atoms with E-state index in [2.05, 4.69) is 26.8 Å². The van der Waals surface area contributed by atoms with E-state index in [1.807, 2.05) is 24.3 Å². The molecule has 1 unspecified atom stereocenters. The molecule has 1 fully saturated rings. The summed E-state index contributed by atoms with van der Waals surface area (Å²) < 4.78 is 5.54. The molecule has 1 atom stereocenters. The maximum absolute atomic E-state index is 12.9. The third-order valence-corrected chi connectivity index (χ3v) is 6.98. The Morgan fingerprint density at radius 2 is 1.73 bits per heavy atom. The van der Waals surface area contributed by atoms with E-state index in [-0.39, 0.29) is 33.1 Å². The van der Waals surface area contributed by atoms with Crippen molar-refractivity contribution in [2.75, 3.05) is 18.1 Å². The lowest BCUT2D eigenvalue weighted by atomic mass is 10.1. The van der Waals surface area contributed by atoms with E-state index in [0.29, 0.717) is 19.2 Å². The molecule has 1 saturated heterocycles. The van der Waals surface area contributed by atoms with E-state index >= 15 is 0 Å². The van der Waals surface area contributed by atoms with Gasteiger partial charge in [-0.2, -0.15) is 0 Å². The van der Waals surface area contributed by atoms with Crippen molar-refractivity contribution in [3.05, 3.63) is 106 Å². The highest BCUT2D eigenvalue weighted by Crippen LogP contribution is 2.29. The third-order valence-electron chi connectivity index (χ3n) is 6.35. The molecule has 0 spiro atoms. The number of nitrogens with one attached hydrogen (secondary N) is 1. The summed E-state index contributed by atoms with van der Waals surface area (Å²) in [6.45, 7) is 4.70. The molecular weight excluding hydrogens is 553 g/mol. The van der Waals surface area contributed by atoms with Crippen LogP contribution in [-0.2, 0) is 9.53 Å². The first-order valence-electron chi connectivity index (χ1n) is 12.7. The van der Waals surface area contributed by atoms with Crippen molar-refractivity contribution in [3.63, 3.8) is 0 Å². The lowest BCUT2D eigenvalue weighted by Gasteiger charge is -2.34. The van der Waals surface area contributed by atoms with E-state index < -0.39 is 17.9 Å². The summed E-state index contributed by atoms with van der Waals surface area (Å²) in [5.41, 5.74) is 1.83. The van der Waals surface area contributed by atoms with Gasteiger partial charge in [0.1, 0.15) is 6.04 Å². The minimum absolute atomic E-state index is 0.0238. The van der Waals surface area contributed by atoms with Crippen LogP contribution in [0.2, 0.25) is 10.0 Å². The molecule has 1 aliphatic rings. The van der Waals surface area contributed by atoms with Crippen LogP contribution in [0.3, 0.4) is 0 Å². The molecular formula is C29H28Cl2N5O4-. The average molecular weight is 581 g/mol. The molecule has 208 valence electrons. The highest BCUT2D eigenvalue weighted by molar-refractivity contribution is 6.39. The maximum atomic E-state index is 12.9. The fourth-order valence-corrected chi connectivity index (χ4v) is 4.91. The monoisotopic (exact) mass is 580 g/mol. The minimum atomic E-state index is -1.16. The van der Waals surface area contributed by atoms with E-state index in [0.717, 1.165) is 30.3 Å². The fraction of sp³-hybridized carbons (Fsp3) is 0.241. The number of ether oxygens (including phenoxy) is 1. The molecule has 2 aromatic carbocycles. The Hall–Kier alpha value is -3.76. The predicted molar refractivity (Wildman–Crippen MR) is 156 cm³/mol. The topological polar surface area (TPSA) is 111 Å². The van der Waals surface area contributed by atoms with Gasteiger partial charge >= 0.3 is 0 Å². The van der Waals surface area contributed by atoms with Crippen LogP contribution >= 0.6 is 23.2 Å². The summed E-state index contributed by atoms with van der Waals surface area (Å²) >= 11 is 12.3. The SMILES string of the molecule is C=CN([O-])C(=O)C(C/C=C/c1ccc(N(c2ncccn2)C2CCOCC2)cc1)NC(=O)c1c(Cl)cccc1Cl. The number of hydrogen-bond donors (Lipinski definition) is 1. The summed E-state index contributed by atoms with van der Waals surface area (Å²) in [5.74, 6) is -0.917. The van der Waals surface area contributed by atoms with Crippen LogP contribution in [0.15, 0.2) is 79.8 Å². The van der Waals surface area contributed by atoms with Gasteiger partial charge in [-0.1, -0.05) is 60.1 Å². The van der Waals surface area contributed by atoms with Gasteiger partial charge in [0.05, 0.1) is 15.6 Å². The highest BCUT2D eigenvalue weighted by Gasteiger charge is 2.26. The number of benzene rings is 2. The van der Waals surface area contributed by atoms with Crippen molar-refractivity contribution in [3.8, 4) is 0 Å². The highest BCUT2D eigenvalue weighted by atomic mass is 35.5. The van der Waals surface area contributed by atoms with Crippen LogP contribution in [0.1, 0.15) is 35.2 Å². The second kappa shape index (κ2) is 14.0. The number of halogens is 2. The lowest BCUT2D eigenvalue weighted by molar-refractivity contribution is -0.128. The Kier molecular flexibility index (Phi) is 10.3. The number of anilines is 2. The van der Waals surface area contributed by atoms with Crippen LogP contribution in [0, 0.1) is 5.21 Å².